The third-order valence-electron chi connectivity index (χ3n) is 2.48. The lowest BCUT2D eigenvalue weighted by Crippen LogP contribution is -2.40. The first-order valence-corrected chi connectivity index (χ1v) is 6.23. The van der Waals surface area contributed by atoms with Crippen molar-refractivity contribution in [2.45, 2.75) is 56.9 Å². The monoisotopic (exact) mass is 204 g/mol. The Morgan fingerprint density at radius 3 is 2.31 bits per heavy atom. The molecule has 0 spiro atoms. The van der Waals surface area contributed by atoms with Crippen LogP contribution in [0.5, 0.6) is 0 Å². The maximum atomic E-state index is 11.5. The highest BCUT2D eigenvalue weighted by Gasteiger charge is 2.20. The highest BCUT2D eigenvalue weighted by Crippen LogP contribution is 2.17. The first kappa shape index (κ1) is 11.1. The van der Waals surface area contributed by atoms with Crippen molar-refractivity contribution >= 4 is 11.0 Å². The molecule has 0 aliphatic heterocycles. The zero-order valence-electron chi connectivity index (χ0n) is 8.45. The van der Waals surface area contributed by atoms with Gasteiger partial charge in [0.15, 0.2) is 0 Å². The van der Waals surface area contributed by atoms with Crippen LogP contribution >= 0.6 is 0 Å². The molecule has 0 aromatic carbocycles. The molecular formula is C9H20N2OS. The van der Waals surface area contributed by atoms with Crippen molar-refractivity contribution in [1.29, 1.82) is 0 Å². The van der Waals surface area contributed by atoms with E-state index in [1.165, 1.54) is 0 Å². The average molecular weight is 204 g/mol. The van der Waals surface area contributed by atoms with E-state index in [1.54, 1.807) is 0 Å². The molecule has 0 radical (unpaired) electrons. The molecule has 4 heteroatoms. The standard InChI is InChI=1S/C9H20N2OS/c1-7(2)13(12)11-9-5-3-8(10)4-6-9/h7-9,11H,3-6,10H2,1-2H3. The molecular weight excluding hydrogens is 184 g/mol. The van der Waals surface area contributed by atoms with E-state index in [1.807, 2.05) is 13.8 Å². The van der Waals surface area contributed by atoms with Gasteiger partial charge in [-0.25, -0.2) is 8.93 Å². The van der Waals surface area contributed by atoms with Crippen LogP contribution in [0.2, 0.25) is 0 Å². The Kier molecular flexibility index (Phi) is 4.35. The highest BCUT2D eigenvalue weighted by molar-refractivity contribution is 7.83. The van der Waals surface area contributed by atoms with E-state index in [4.69, 9.17) is 5.73 Å². The molecule has 1 atom stereocenters. The molecule has 1 unspecified atom stereocenters. The van der Waals surface area contributed by atoms with Gasteiger partial charge in [-0.3, -0.25) is 0 Å². The smallest absolute Gasteiger partial charge is 0.0943 e. The Bertz CT molecular complexity index is 176. The number of hydrogen-bond acceptors (Lipinski definition) is 2. The molecule has 1 rings (SSSR count). The van der Waals surface area contributed by atoms with Crippen molar-refractivity contribution in [2.75, 3.05) is 0 Å². The largest absolute Gasteiger partial charge is 0.328 e. The summed E-state index contributed by atoms with van der Waals surface area (Å²) in [6.45, 7) is 3.94. The summed E-state index contributed by atoms with van der Waals surface area (Å²) in [4.78, 5) is 0. The van der Waals surface area contributed by atoms with Crippen molar-refractivity contribution in [1.82, 2.24) is 4.72 Å². The van der Waals surface area contributed by atoms with Crippen LogP contribution in [0.3, 0.4) is 0 Å². The van der Waals surface area contributed by atoms with Crippen molar-refractivity contribution in [3.8, 4) is 0 Å². The van der Waals surface area contributed by atoms with E-state index in [0.717, 1.165) is 25.7 Å². The fraction of sp³-hybridized carbons (Fsp3) is 1.00. The van der Waals surface area contributed by atoms with Gasteiger partial charge in [-0.15, -0.1) is 0 Å². The lowest BCUT2D eigenvalue weighted by molar-refractivity contribution is 0.377. The average Bonchev–Trinajstić information content (AvgIpc) is 2.08. The third kappa shape index (κ3) is 3.75. The summed E-state index contributed by atoms with van der Waals surface area (Å²) in [5.41, 5.74) is 5.78. The summed E-state index contributed by atoms with van der Waals surface area (Å²) in [5.74, 6) is 0. The maximum Gasteiger partial charge on any atom is 0.0943 e. The minimum atomic E-state index is -0.871. The normalized spacial score (nSPS) is 32.0. The Morgan fingerprint density at radius 2 is 1.85 bits per heavy atom. The predicted octanol–water partition coefficient (Wildman–Crippen LogP) is 0.918. The number of nitrogens with one attached hydrogen (secondary N) is 1. The van der Waals surface area contributed by atoms with E-state index in [0.29, 0.717) is 12.1 Å². The van der Waals surface area contributed by atoms with Gasteiger partial charge in [0.1, 0.15) is 0 Å². The quantitative estimate of drug-likeness (QED) is 0.718. The van der Waals surface area contributed by atoms with E-state index < -0.39 is 11.0 Å². The van der Waals surface area contributed by atoms with Crippen LogP contribution < -0.4 is 10.5 Å². The Labute approximate surface area is 83.1 Å². The SMILES string of the molecule is CC(C)S(=O)NC1CCC(N)CC1. The number of rotatable bonds is 3. The van der Waals surface area contributed by atoms with Crippen molar-refractivity contribution in [3.05, 3.63) is 0 Å². The molecule has 0 heterocycles. The lowest BCUT2D eigenvalue weighted by Gasteiger charge is -2.26. The summed E-state index contributed by atoms with van der Waals surface area (Å²) in [5, 5.41) is 0.204. The molecule has 0 aromatic rings. The molecule has 1 aliphatic rings. The van der Waals surface area contributed by atoms with Gasteiger partial charge in [0.05, 0.1) is 11.0 Å². The van der Waals surface area contributed by atoms with Crippen molar-refractivity contribution in [2.24, 2.45) is 5.73 Å². The summed E-state index contributed by atoms with van der Waals surface area (Å²) >= 11 is 0. The summed E-state index contributed by atoms with van der Waals surface area (Å²) in [7, 11) is -0.871. The molecule has 78 valence electrons. The van der Waals surface area contributed by atoms with Crippen LogP contribution in [-0.4, -0.2) is 21.5 Å². The van der Waals surface area contributed by atoms with Gasteiger partial charge >= 0.3 is 0 Å². The first-order valence-electron chi connectivity index (χ1n) is 5.02. The molecule has 1 fully saturated rings. The van der Waals surface area contributed by atoms with Crippen LogP contribution in [0.25, 0.3) is 0 Å². The highest BCUT2D eigenvalue weighted by atomic mass is 32.2. The van der Waals surface area contributed by atoms with E-state index in [-0.39, 0.29) is 5.25 Å². The molecule has 0 aromatic heterocycles. The van der Waals surface area contributed by atoms with Gasteiger partial charge in [0, 0.05) is 17.3 Å². The van der Waals surface area contributed by atoms with E-state index >= 15 is 0 Å². The van der Waals surface area contributed by atoms with Gasteiger partial charge in [-0.1, -0.05) is 0 Å². The van der Waals surface area contributed by atoms with Crippen molar-refractivity contribution < 1.29 is 4.21 Å². The van der Waals surface area contributed by atoms with Crippen LogP contribution in [0.1, 0.15) is 39.5 Å². The van der Waals surface area contributed by atoms with Gasteiger partial charge < -0.3 is 5.73 Å². The van der Waals surface area contributed by atoms with Gasteiger partial charge in [-0.2, -0.15) is 0 Å². The fourth-order valence-corrected chi connectivity index (χ4v) is 2.37. The molecule has 13 heavy (non-hydrogen) atoms. The van der Waals surface area contributed by atoms with E-state index in [9.17, 15) is 4.21 Å². The van der Waals surface area contributed by atoms with Gasteiger partial charge in [0.2, 0.25) is 0 Å². The lowest BCUT2D eigenvalue weighted by atomic mass is 9.93. The Morgan fingerprint density at radius 1 is 1.31 bits per heavy atom. The molecule has 0 saturated heterocycles. The topological polar surface area (TPSA) is 55.1 Å². The zero-order chi connectivity index (χ0) is 9.84. The van der Waals surface area contributed by atoms with Crippen LogP contribution in [-0.2, 0) is 11.0 Å². The van der Waals surface area contributed by atoms with E-state index in [2.05, 4.69) is 4.72 Å². The Balaban J connectivity index is 2.26. The predicted molar refractivity (Wildman–Crippen MR) is 56.6 cm³/mol. The molecule has 1 saturated carbocycles. The molecule has 3 N–H and O–H groups in total. The molecule has 1 aliphatic carbocycles. The Hall–Kier alpha value is 0.0700. The second-order valence-electron chi connectivity index (χ2n) is 4.08. The second-order valence-corrected chi connectivity index (χ2v) is 5.85. The molecule has 3 nitrogen and oxygen atoms in total. The van der Waals surface area contributed by atoms with Gasteiger partial charge in [0.25, 0.3) is 0 Å². The number of hydrogen-bond donors (Lipinski definition) is 2. The summed E-state index contributed by atoms with van der Waals surface area (Å²) in [6, 6.07) is 0.786. The third-order valence-corrected chi connectivity index (χ3v) is 3.90. The number of nitrogens with two attached hydrogens (primary N) is 1. The second kappa shape index (κ2) is 5.08. The minimum Gasteiger partial charge on any atom is -0.328 e. The van der Waals surface area contributed by atoms with Gasteiger partial charge in [-0.05, 0) is 39.5 Å². The first-order chi connectivity index (χ1) is 6.09. The summed E-state index contributed by atoms with van der Waals surface area (Å²) < 4.78 is 14.6. The maximum absolute atomic E-state index is 11.5. The van der Waals surface area contributed by atoms with Crippen LogP contribution in [0.15, 0.2) is 0 Å². The summed E-state index contributed by atoms with van der Waals surface area (Å²) in [6.07, 6.45) is 4.26. The molecule has 0 amide bonds. The van der Waals surface area contributed by atoms with Crippen molar-refractivity contribution in [3.63, 3.8) is 0 Å². The van der Waals surface area contributed by atoms with Crippen LogP contribution in [0.4, 0.5) is 0 Å². The molecule has 0 bridgehead atoms. The fourth-order valence-electron chi connectivity index (χ4n) is 1.54. The minimum absolute atomic E-state index is 0.204. The zero-order valence-corrected chi connectivity index (χ0v) is 9.27. The van der Waals surface area contributed by atoms with Crippen LogP contribution in [0, 0.1) is 0 Å².